The van der Waals surface area contributed by atoms with E-state index in [4.69, 9.17) is 19.0 Å². The molecule has 4 aliphatic heterocycles. The van der Waals surface area contributed by atoms with Crippen LogP contribution in [0.3, 0.4) is 0 Å². The average molecular weight is 434 g/mol. The summed E-state index contributed by atoms with van der Waals surface area (Å²) in [6, 6.07) is 12.9. The quantitative estimate of drug-likeness (QED) is 0.687. The number of methoxy groups -OCH3 is 2. The Hall–Kier alpha value is -3.39. The maximum atomic E-state index is 13.4. The van der Waals surface area contributed by atoms with Crippen LogP contribution in [0.15, 0.2) is 47.6 Å². The van der Waals surface area contributed by atoms with E-state index in [1.807, 2.05) is 31.2 Å². The number of anilines is 1. The molecule has 0 radical (unpaired) electrons. The number of rotatable bonds is 4. The molecule has 4 aliphatic rings. The number of hydrogen-bond acceptors (Lipinski definition) is 7. The molecule has 3 fully saturated rings. The fourth-order valence-corrected chi connectivity index (χ4v) is 5.54. The zero-order valence-electron chi connectivity index (χ0n) is 17.8. The summed E-state index contributed by atoms with van der Waals surface area (Å²) in [5.41, 5.74) is 3.10. The molecule has 4 heterocycles. The molecule has 6 rings (SSSR count). The predicted molar refractivity (Wildman–Crippen MR) is 114 cm³/mol. The minimum atomic E-state index is -0.553. The lowest BCUT2D eigenvalue weighted by atomic mass is 9.71. The molecule has 8 heteroatoms. The molecule has 0 aliphatic carbocycles. The second kappa shape index (κ2) is 6.80. The van der Waals surface area contributed by atoms with E-state index in [1.54, 1.807) is 32.4 Å². The fraction of sp³-hybridized carbons (Fsp3) is 0.375. The van der Waals surface area contributed by atoms with Crippen molar-refractivity contribution in [3.8, 4) is 11.5 Å². The van der Waals surface area contributed by atoms with Crippen molar-refractivity contribution in [2.24, 2.45) is 22.9 Å². The number of carbonyl (C=O) groups is 2. The molecule has 32 heavy (non-hydrogen) atoms. The Labute approximate surface area is 184 Å². The highest BCUT2D eigenvalue weighted by molar-refractivity contribution is 6.23. The Morgan fingerprint density at radius 3 is 2.28 bits per heavy atom. The number of amides is 2. The molecule has 0 aromatic heterocycles. The van der Waals surface area contributed by atoms with Gasteiger partial charge in [0.1, 0.15) is 23.3 Å². The Balaban J connectivity index is 1.35. The van der Waals surface area contributed by atoms with E-state index < -0.39 is 30.1 Å². The van der Waals surface area contributed by atoms with Gasteiger partial charge in [-0.05, 0) is 31.2 Å². The number of carbonyl (C=O) groups excluding carboxylic acids is 2. The first kappa shape index (κ1) is 19.3. The number of imide groups is 1. The van der Waals surface area contributed by atoms with E-state index in [9.17, 15) is 9.59 Å². The standard InChI is InChI=1S/C24H22N2O6/c1-11-4-6-12(7-5-11)26-23(27)16-17(24(26)28)21-22-18(20(16)31-21)19(25-32-22)14-9-8-13(29-2)10-15(14)30-3/h4-10,16-18,20-22H,1-3H3/t16-,17-,18-,20+,21-,22-/m0/s1. The van der Waals surface area contributed by atoms with Crippen molar-refractivity contribution in [1.82, 2.24) is 0 Å². The summed E-state index contributed by atoms with van der Waals surface area (Å²) in [6.45, 7) is 1.97. The van der Waals surface area contributed by atoms with Crippen LogP contribution in [0.2, 0.25) is 0 Å². The molecule has 0 spiro atoms. The van der Waals surface area contributed by atoms with Gasteiger partial charge in [-0.3, -0.25) is 9.59 Å². The molecule has 0 saturated carbocycles. The largest absolute Gasteiger partial charge is 0.497 e. The van der Waals surface area contributed by atoms with Gasteiger partial charge in [-0.25, -0.2) is 4.90 Å². The summed E-state index contributed by atoms with van der Waals surface area (Å²) in [5.74, 6) is -0.540. The van der Waals surface area contributed by atoms with Crippen LogP contribution in [0.4, 0.5) is 5.69 Å². The Kier molecular flexibility index (Phi) is 4.10. The number of fused-ring (bicyclic) bond motifs is 8. The van der Waals surface area contributed by atoms with Gasteiger partial charge in [-0.15, -0.1) is 0 Å². The van der Waals surface area contributed by atoms with E-state index >= 15 is 0 Å². The number of aryl methyl sites for hydroxylation is 1. The van der Waals surface area contributed by atoms with Crippen molar-refractivity contribution >= 4 is 23.2 Å². The van der Waals surface area contributed by atoms with Crippen LogP contribution in [-0.4, -0.2) is 50.1 Å². The molecule has 0 unspecified atom stereocenters. The molecule has 164 valence electrons. The maximum Gasteiger partial charge on any atom is 0.240 e. The van der Waals surface area contributed by atoms with Crippen LogP contribution in [0, 0.1) is 24.7 Å². The van der Waals surface area contributed by atoms with Crippen molar-refractivity contribution in [1.29, 1.82) is 0 Å². The molecule has 6 atom stereocenters. The van der Waals surface area contributed by atoms with Gasteiger partial charge in [-0.1, -0.05) is 22.9 Å². The van der Waals surface area contributed by atoms with Gasteiger partial charge >= 0.3 is 0 Å². The molecule has 2 bridgehead atoms. The normalized spacial score (nSPS) is 32.0. The maximum absolute atomic E-state index is 13.4. The van der Waals surface area contributed by atoms with Crippen molar-refractivity contribution in [3.05, 3.63) is 53.6 Å². The summed E-state index contributed by atoms with van der Waals surface area (Å²) in [6.07, 6.45) is -1.39. The van der Waals surface area contributed by atoms with Crippen molar-refractivity contribution < 1.29 is 28.6 Å². The topological polar surface area (TPSA) is 86.7 Å². The summed E-state index contributed by atoms with van der Waals surface area (Å²) in [5, 5.41) is 4.34. The van der Waals surface area contributed by atoms with Gasteiger partial charge in [0.2, 0.25) is 11.8 Å². The van der Waals surface area contributed by atoms with Crippen molar-refractivity contribution in [2.45, 2.75) is 25.2 Å². The van der Waals surface area contributed by atoms with Crippen LogP contribution in [0.5, 0.6) is 11.5 Å². The Bertz CT molecular complexity index is 1160. The number of oxime groups is 1. The molecule has 2 amide bonds. The fourth-order valence-electron chi connectivity index (χ4n) is 5.54. The van der Waals surface area contributed by atoms with Crippen LogP contribution < -0.4 is 14.4 Å². The molecule has 2 aromatic carbocycles. The number of hydrogen-bond donors (Lipinski definition) is 0. The molecule has 2 aromatic rings. The van der Waals surface area contributed by atoms with E-state index in [-0.39, 0.29) is 17.7 Å². The Morgan fingerprint density at radius 1 is 0.875 bits per heavy atom. The van der Waals surface area contributed by atoms with Gasteiger partial charge in [0, 0.05) is 11.6 Å². The second-order valence-electron chi connectivity index (χ2n) is 8.60. The first-order valence-electron chi connectivity index (χ1n) is 10.6. The van der Waals surface area contributed by atoms with Crippen LogP contribution in [-0.2, 0) is 19.2 Å². The summed E-state index contributed by atoms with van der Waals surface area (Å²) in [7, 11) is 3.17. The van der Waals surface area contributed by atoms with Crippen molar-refractivity contribution in [2.75, 3.05) is 19.1 Å². The molecule has 0 N–H and O–H groups in total. The Morgan fingerprint density at radius 2 is 1.59 bits per heavy atom. The average Bonchev–Trinajstić information content (AvgIpc) is 3.54. The van der Waals surface area contributed by atoms with Gasteiger partial charge in [-0.2, -0.15) is 0 Å². The van der Waals surface area contributed by atoms with Gasteiger partial charge in [0.05, 0.1) is 43.8 Å². The highest BCUT2D eigenvalue weighted by Crippen LogP contribution is 2.55. The molecular weight excluding hydrogens is 412 g/mol. The highest BCUT2D eigenvalue weighted by atomic mass is 16.7. The highest BCUT2D eigenvalue weighted by Gasteiger charge is 2.72. The third kappa shape index (κ3) is 2.44. The van der Waals surface area contributed by atoms with E-state index in [0.29, 0.717) is 22.9 Å². The van der Waals surface area contributed by atoms with Gasteiger partial charge < -0.3 is 19.0 Å². The smallest absolute Gasteiger partial charge is 0.240 e. The van der Waals surface area contributed by atoms with E-state index in [1.165, 1.54) is 4.90 Å². The first-order chi connectivity index (χ1) is 15.5. The van der Waals surface area contributed by atoms with Crippen LogP contribution in [0.1, 0.15) is 11.1 Å². The molecule has 8 nitrogen and oxygen atoms in total. The van der Waals surface area contributed by atoms with E-state index in [2.05, 4.69) is 5.16 Å². The molecular formula is C24H22N2O6. The summed E-state index contributed by atoms with van der Waals surface area (Å²) >= 11 is 0. The first-order valence-corrected chi connectivity index (χ1v) is 10.6. The zero-order valence-corrected chi connectivity index (χ0v) is 17.8. The summed E-state index contributed by atoms with van der Waals surface area (Å²) in [4.78, 5) is 33.8. The van der Waals surface area contributed by atoms with Gasteiger partial charge in [0.15, 0.2) is 6.10 Å². The summed E-state index contributed by atoms with van der Waals surface area (Å²) < 4.78 is 17.0. The number of nitrogens with zero attached hydrogens (tertiary/aromatic N) is 2. The third-order valence-corrected chi connectivity index (χ3v) is 7.02. The van der Waals surface area contributed by atoms with Crippen LogP contribution in [0.25, 0.3) is 0 Å². The predicted octanol–water partition coefficient (Wildman–Crippen LogP) is 2.32. The van der Waals surface area contributed by atoms with Gasteiger partial charge in [0.25, 0.3) is 0 Å². The van der Waals surface area contributed by atoms with E-state index in [0.717, 1.165) is 11.1 Å². The number of ether oxygens (including phenoxy) is 3. The lowest BCUT2D eigenvalue weighted by Crippen LogP contribution is -2.45. The third-order valence-electron chi connectivity index (χ3n) is 7.02. The zero-order chi connectivity index (χ0) is 22.1. The van der Waals surface area contributed by atoms with Crippen LogP contribution >= 0.6 is 0 Å². The number of benzene rings is 2. The lowest BCUT2D eigenvalue weighted by molar-refractivity contribution is -0.125. The lowest BCUT2D eigenvalue weighted by Gasteiger charge is -2.26. The SMILES string of the molecule is COc1ccc(C2=NO[C@@H]3[C@H]4O[C@@H]([C@H]23)[C@H]2C(=O)N(c3ccc(C)cc3)C(=O)[C@H]42)c(OC)c1. The second-order valence-corrected chi connectivity index (χ2v) is 8.60. The van der Waals surface area contributed by atoms with Crippen molar-refractivity contribution in [3.63, 3.8) is 0 Å². The minimum Gasteiger partial charge on any atom is -0.497 e. The minimum absolute atomic E-state index is 0.220. The molecule has 3 saturated heterocycles. The monoisotopic (exact) mass is 434 g/mol.